The maximum Gasteiger partial charge on any atom is 0.103 e. The molecule has 0 radical (unpaired) electrons. The van der Waals surface area contributed by atoms with Gasteiger partial charge in [-0.05, 0) is 61.7 Å². The molecule has 4 saturated carbocycles. The minimum absolute atomic E-state index is 0.0759. The second kappa shape index (κ2) is 11.1. The van der Waals surface area contributed by atoms with E-state index in [1.54, 1.807) is 0 Å². The van der Waals surface area contributed by atoms with E-state index >= 15 is 0 Å². The minimum Gasteiger partial charge on any atom is -0.394 e. The van der Waals surface area contributed by atoms with Crippen LogP contribution >= 0.6 is 0 Å². The van der Waals surface area contributed by atoms with E-state index in [2.05, 4.69) is 0 Å². The first-order chi connectivity index (χ1) is 15.5. The van der Waals surface area contributed by atoms with Gasteiger partial charge in [-0.2, -0.15) is 0 Å². The quantitative estimate of drug-likeness (QED) is 0.426. The van der Waals surface area contributed by atoms with Gasteiger partial charge in [-0.25, -0.2) is 0 Å². The molecular formula is C28H50O4. The predicted molar refractivity (Wildman–Crippen MR) is 128 cm³/mol. The Kier molecular flexibility index (Phi) is 8.62. The first kappa shape index (κ1) is 24.9. The zero-order valence-corrected chi connectivity index (χ0v) is 20.4. The van der Waals surface area contributed by atoms with Gasteiger partial charge in [0.2, 0.25) is 0 Å². The number of rotatable bonds is 5. The summed E-state index contributed by atoms with van der Waals surface area (Å²) in [5.74, 6) is 0.657. The molecule has 4 N–H and O–H groups in total. The Bertz CT molecular complexity index is 574. The van der Waals surface area contributed by atoms with E-state index < -0.39 is 18.8 Å². The van der Waals surface area contributed by atoms with E-state index in [1.807, 2.05) is 0 Å². The van der Waals surface area contributed by atoms with Gasteiger partial charge in [0.05, 0.1) is 18.8 Å². The third-order valence-electron chi connectivity index (χ3n) is 10.2. The molecule has 4 fully saturated rings. The molecule has 4 nitrogen and oxygen atoms in total. The van der Waals surface area contributed by atoms with Crippen molar-refractivity contribution in [1.82, 2.24) is 0 Å². The summed E-state index contributed by atoms with van der Waals surface area (Å²) in [5.41, 5.74) is -0.0335. The number of aliphatic hydroxyl groups excluding tert-OH is 4. The van der Waals surface area contributed by atoms with Gasteiger partial charge in [0.25, 0.3) is 0 Å². The van der Waals surface area contributed by atoms with Crippen LogP contribution in [0, 0.1) is 28.6 Å². The summed E-state index contributed by atoms with van der Waals surface area (Å²) in [7, 11) is 0. The topological polar surface area (TPSA) is 80.9 Å². The smallest absolute Gasteiger partial charge is 0.103 e. The molecule has 1 spiro atoms. The Morgan fingerprint density at radius 2 is 1.22 bits per heavy atom. The molecular weight excluding hydrogens is 400 g/mol. The molecule has 7 atom stereocenters. The van der Waals surface area contributed by atoms with Crippen LogP contribution in [0.4, 0.5) is 0 Å². The molecule has 4 heteroatoms. The summed E-state index contributed by atoms with van der Waals surface area (Å²) in [6.07, 6.45) is 20.7. The SMILES string of the molecule is OCC(O)C(O)C1C2CC23CCCCCCCCCCCC1(C(O)C1CCCCCC1)C3. The molecule has 4 aliphatic rings. The first-order valence-corrected chi connectivity index (χ1v) is 14.2. The number of aliphatic hydroxyl groups is 4. The van der Waals surface area contributed by atoms with Gasteiger partial charge in [-0.1, -0.05) is 83.5 Å². The molecule has 0 aromatic heterocycles. The van der Waals surface area contributed by atoms with Gasteiger partial charge < -0.3 is 20.4 Å². The van der Waals surface area contributed by atoms with Crippen LogP contribution in [0.1, 0.15) is 122 Å². The fourth-order valence-corrected chi connectivity index (χ4v) is 8.53. The highest BCUT2D eigenvalue weighted by Crippen LogP contribution is 2.77. The van der Waals surface area contributed by atoms with E-state index in [0.717, 1.165) is 38.5 Å². The number of hydrogen-bond donors (Lipinski definition) is 4. The van der Waals surface area contributed by atoms with Crippen LogP contribution in [0.2, 0.25) is 0 Å². The molecule has 0 aromatic rings. The van der Waals surface area contributed by atoms with Crippen molar-refractivity contribution in [2.45, 2.75) is 140 Å². The van der Waals surface area contributed by atoms with Crippen molar-refractivity contribution in [3.63, 3.8) is 0 Å². The van der Waals surface area contributed by atoms with Crippen molar-refractivity contribution in [3.05, 3.63) is 0 Å². The molecule has 7 unspecified atom stereocenters. The fourth-order valence-electron chi connectivity index (χ4n) is 8.53. The lowest BCUT2D eigenvalue weighted by Crippen LogP contribution is -2.52. The lowest BCUT2D eigenvalue weighted by molar-refractivity contribution is -0.130. The Hall–Kier alpha value is -0.160. The summed E-state index contributed by atoms with van der Waals surface area (Å²) in [6.45, 7) is -0.396. The maximum absolute atomic E-state index is 12.1. The van der Waals surface area contributed by atoms with Crippen LogP contribution in [0.25, 0.3) is 0 Å². The zero-order chi connectivity index (χ0) is 22.6. The Morgan fingerprint density at radius 1 is 0.688 bits per heavy atom. The molecule has 32 heavy (non-hydrogen) atoms. The highest BCUT2D eigenvalue weighted by Gasteiger charge is 2.73. The highest BCUT2D eigenvalue weighted by molar-refractivity contribution is 5.21. The maximum atomic E-state index is 12.1. The van der Waals surface area contributed by atoms with Gasteiger partial charge in [-0.3, -0.25) is 0 Å². The van der Waals surface area contributed by atoms with Crippen molar-refractivity contribution in [1.29, 1.82) is 0 Å². The Balaban J connectivity index is 1.63. The summed E-state index contributed by atoms with van der Waals surface area (Å²) in [4.78, 5) is 0. The molecule has 0 heterocycles. The van der Waals surface area contributed by atoms with Crippen LogP contribution in [0.5, 0.6) is 0 Å². The molecule has 186 valence electrons. The highest BCUT2D eigenvalue weighted by atomic mass is 16.4. The monoisotopic (exact) mass is 450 g/mol. The first-order valence-electron chi connectivity index (χ1n) is 14.2. The van der Waals surface area contributed by atoms with Gasteiger partial charge in [-0.15, -0.1) is 0 Å². The summed E-state index contributed by atoms with van der Waals surface area (Å²) >= 11 is 0. The predicted octanol–water partition coefficient (Wildman–Crippen LogP) is 5.35. The van der Waals surface area contributed by atoms with E-state index in [9.17, 15) is 20.4 Å². The molecule has 4 rings (SSSR count). The van der Waals surface area contributed by atoms with Crippen LogP contribution in [-0.2, 0) is 0 Å². The van der Waals surface area contributed by atoms with Crippen molar-refractivity contribution < 1.29 is 20.4 Å². The van der Waals surface area contributed by atoms with Gasteiger partial charge in [0.15, 0.2) is 0 Å². The second-order valence-electron chi connectivity index (χ2n) is 12.2. The summed E-state index contributed by atoms with van der Waals surface area (Å²) in [5, 5.41) is 43.6. The molecule has 2 bridgehead atoms. The lowest BCUT2D eigenvalue weighted by atomic mass is 9.60. The fraction of sp³-hybridized carbons (Fsp3) is 1.00. The normalized spacial score (nSPS) is 40.5. The van der Waals surface area contributed by atoms with Gasteiger partial charge in [0.1, 0.15) is 6.10 Å². The Morgan fingerprint density at radius 3 is 1.81 bits per heavy atom. The van der Waals surface area contributed by atoms with Crippen molar-refractivity contribution in [2.24, 2.45) is 28.6 Å². The van der Waals surface area contributed by atoms with E-state index in [4.69, 9.17) is 0 Å². The van der Waals surface area contributed by atoms with Crippen molar-refractivity contribution >= 4 is 0 Å². The average Bonchev–Trinajstić information content (AvgIpc) is 3.49. The lowest BCUT2D eigenvalue weighted by Gasteiger charge is -2.47. The second-order valence-corrected chi connectivity index (χ2v) is 12.2. The molecule has 0 saturated heterocycles. The van der Waals surface area contributed by atoms with E-state index in [-0.39, 0.29) is 22.9 Å². The average molecular weight is 451 g/mol. The minimum atomic E-state index is -1.10. The van der Waals surface area contributed by atoms with Crippen LogP contribution in [-0.4, -0.2) is 45.3 Å². The summed E-state index contributed by atoms with van der Waals surface area (Å²) < 4.78 is 0. The van der Waals surface area contributed by atoms with Crippen LogP contribution in [0.3, 0.4) is 0 Å². The number of fused-ring (bicyclic) bond motifs is 1. The third kappa shape index (κ3) is 5.09. The van der Waals surface area contributed by atoms with Crippen molar-refractivity contribution in [3.8, 4) is 0 Å². The Labute approximate surface area is 196 Å². The van der Waals surface area contributed by atoms with E-state index in [0.29, 0.717) is 11.8 Å². The van der Waals surface area contributed by atoms with Crippen molar-refractivity contribution in [2.75, 3.05) is 6.61 Å². The molecule has 0 aliphatic heterocycles. The summed E-state index contributed by atoms with van der Waals surface area (Å²) in [6, 6.07) is 0. The zero-order valence-electron chi connectivity index (χ0n) is 20.4. The largest absolute Gasteiger partial charge is 0.394 e. The molecule has 0 aromatic carbocycles. The molecule has 4 aliphatic carbocycles. The van der Waals surface area contributed by atoms with E-state index in [1.165, 1.54) is 83.5 Å². The van der Waals surface area contributed by atoms with Gasteiger partial charge in [0, 0.05) is 5.41 Å². The van der Waals surface area contributed by atoms with Crippen LogP contribution in [0.15, 0.2) is 0 Å². The van der Waals surface area contributed by atoms with Gasteiger partial charge >= 0.3 is 0 Å². The molecule has 0 amide bonds. The van der Waals surface area contributed by atoms with Crippen LogP contribution < -0.4 is 0 Å². The number of hydrogen-bond acceptors (Lipinski definition) is 4. The third-order valence-corrected chi connectivity index (χ3v) is 10.2. The standard InChI is InChI=1S/C28H50O4/c29-19-23(30)25(31)24-22-18-27(22)16-12-8-4-2-1-3-5-9-13-17-28(24,20-27)26(32)21-14-10-6-7-11-15-21/h21-26,29-32H,1-20H2.